The van der Waals surface area contributed by atoms with Crippen LogP contribution in [0.4, 0.5) is 5.69 Å². The normalized spacial score (nSPS) is 14.2. The molecule has 3 rings (SSSR count). The Morgan fingerprint density at radius 1 is 0.929 bits per heavy atom. The molecule has 1 aliphatic heterocycles. The molecule has 0 atom stereocenters. The number of nitrogens with zero attached hydrogens (tertiary/aromatic N) is 2. The summed E-state index contributed by atoms with van der Waals surface area (Å²) in [7, 11) is 0. The summed E-state index contributed by atoms with van der Waals surface area (Å²) in [4.78, 5) is 30.3. The highest BCUT2D eigenvalue weighted by atomic mass is 32.2. The average Bonchev–Trinajstić information content (AvgIpc) is 2.74. The fraction of sp³-hybridized carbons (Fsp3) is 0.391. The number of hydrogen-bond donors (Lipinski definition) is 0. The van der Waals surface area contributed by atoms with Crippen LogP contribution in [0.2, 0.25) is 0 Å². The molecule has 0 unspecified atom stereocenters. The first kappa shape index (κ1) is 20.5. The van der Waals surface area contributed by atoms with Gasteiger partial charge in [0.1, 0.15) is 0 Å². The van der Waals surface area contributed by atoms with Crippen molar-refractivity contribution in [1.82, 2.24) is 4.90 Å². The lowest BCUT2D eigenvalue weighted by Gasteiger charge is -2.37. The van der Waals surface area contributed by atoms with Crippen LogP contribution in [0.5, 0.6) is 0 Å². The van der Waals surface area contributed by atoms with E-state index in [1.54, 1.807) is 11.8 Å². The Morgan fingerprint density at radius 2 is 1.61 bits per heavy atom. The van der Waals surface area contributed by atoms with Gasteiger partial charge in [-0.05, 0) is 49.4 Å². The van der Waals surface area contributed by atoms with Crippen molar-refractivity contribution in [3.8, 4) is 0 Å². The highest BCUT2D eigenvalue weighted by Crippen LogP contribution is 2.24. The lowest BCUT2D eigenvalue weighted by Crippen LogP contribution is -2.49. The maximum atomic E-state index is 12.6. The highest BCUT2D eigenvalue weighted by molar-refractivity contribution is 7.98. The second kappa shape index (κ2) is 9.28. The number of rotatable bonds is 6. The van der Waals surface area contributed by atoms with Crippen LogP contribution in [0, 0.1) is 13.8 Å². The fourth-order valence-corrected chi connectivity index (χ4v) is 3.98. The number of anilines is 1. The molecule has 0 aromatic heterocycles. The molecular weight excluding hydrogens is 368 g/mol. The highest BCUT2D eigenvalue weighted by Gasteiger charge is 2.22. The molecule has 0 radical (unpaired) electrons. The van der Waals surface area contributed by atoms with E-state index in [1.807, 2.05) is 35.4 Å². The van der Waals surface area contributed by atoms with Gasteiger partial charge in [0.2, 0.25) is 5.91 Å². The van der Waals surface area contributed by atoms with Crippen molar-refractivity contribution in [1.29, 1.82) is 0 Å². The van der Waals surface area contributed by atoms with Gasteiger partial charge < -0.3 is 9.80 Å². The number of benzene rings is 2. The van der Waals surface area contributed by atoms with Gasteiger partial charge in [-0.15, -0.1) is 11.8 Å². The number of carbonyl (C=O) groups is 2. The van der Waals surface area contributed by atoms with Crippen molar-refractivity contribution >= 4 is 29.1 Å². The molecule has 28 heavy (non-hydrogen) atoms. The predicted molar refractivity (Wildman–Crippen MR) is 116 cm³/mol. The van der Waals surface area contributed by atoms with Crippen LogP contribution in [-0.4, -0.2) is 49.0 Å². The summed E-state index contributed by atoms with van der Waals surface area (Å²) in [5.74, 6) is 0.115. The lowest BCUT2D eigenvalue weighted by molar-refractivity contribution is -0.131. The standard InChI is InChI=1S/C23H28N2O2S/c1-17-5-4-6-21(18(17)2)24-13-15-25(16-14-24)23(27)12-11-22(26)19-7-9-20(28-3)10-8-19/h4-10H,11-16H2,1-3H3. The van der Waals surface area contributed by atoms with E-state index in [0.717, 1.165) is 18.0 Å². The average molecular weight is 397 g/mol. The van der Waals surface area contributed by atoms with Crippen molar-refractivity contribution in [3.05, 3.63) is 59.2 Å². The van der Waals surface area contributed by atoms with E-state index in [2.05, 4.69) is 36.9 Å². The molecule has 1 amide bonds. The monoisotopic (exact) mass is 396 g/mol. The molecule has 0 bridgehead atoms. The zero-order valence-corrected chi connectivity index (χ0v) is 17.7. The summed E-state index contributed by atoms with van der Waals surface area (Å²) in [5.41, 5.74) is 4.54. The molecule has 2 aromatic rings. The molecule has 0 spiro atoms. The van der Waals surface area contributed by atoms with Gasteiger partial charge in [0.15, 0.2) is 5.78 Å². The summed E-state index contributed by atoms with van der Waals surface area (Å²) < 4.78 is 0. The number of hydrogen-bond acceptors (Lipinski definition) is 4. The summed E-state index contributed by atoms with van der Waals surface area (Å²) in [5, 5.41) is 0. The first-order valence-electron chi connectivity index (χ1n) is 9.76. The number of Topliss-reactive ketones (excluding diaryl/α,β-unsaturated/α-hetero) is 1. The molecule has 1 aliphatic rings. The fourth-order valence-electron chi connectivity index (χ4n) is 3.57. The maximum Gasteiger partial charge on any atom is 0.223 e. The van der Waals surface area contributed by atoms with Crippen LogP contribution >= 0.6 is 11.8 Å². The van der Waals surface area contributed by atoms with Gasteiger partial charge in [-0.3, -0.25) is 9.59 Å². The van der Waals surface area contributed by atoms with Gasteiger partial charge >= 0.3 is 0 Å². The van der Waals surface area contributed by atoms with E-state index in [4.69, 9.17) is 0 Å². The SMILES string of the molecule is CSc1ccc(C(=O)CCC(=O)N2CCN(c3cccc(C)c3C)CC2)cc1. The number of carbonyl (C=O) groups excluding carboxylic acids is 2. The Bertz CT molecular complexity index is 840. The zero-order chi connectivity index (χ0) is 20.1. The molecule has 148 valence electrons. The molecule has 1 fully saturated rings. The molecular formula is C23H28N2O2S. The van der Waals surface area contributed by atoms with Crippen molar-refractivity contribution < 1.29 is 9.59 Å². The maximum absolute atomic E-state index is 12.6. The number of piperazine rings is 1. The molecule has 1 saturated heterocycles. The van der Waals surface area contributed by atoms with Crippen molar-refractivity contribution in [2.24, 2.45) is 0 Å². The molecule has 2 aromatic carbocycles. The van der Waals surface area contributed by atoms with Gasteiger partial charge in [0.05, 0.1) is 0 Å². The lowest BCUT2D eigenvalue weighted by atomic mass is 10.1. The predicted octanol–water partition coefficient (Wildman–Crippen LogP) is 4.34. The van der Waals surface area contributed by atoms with Crippen molar-refractivity contribution in [2.75, 3.05) is 37.3 Å². The summed E-state index contributed by atoms with van der Waals surface area (Å²) in [6.45, 7) is 7.37. The van der Waals surface area contributed by atoms with Crippen LogP contribution in [0.3, 0.4) is 0 Å². The van der Waals surface area contributed by atoms with Crippen LogP contribution in [-0.2, 0) is 4.79 Å². The van der Waals surface area contributed by atoms with E-state index < -0.39 is 0 Å². The summed E-state index contributed by atoms with van der Waals surface area (Å²) in [6, 6.07) is 14.0. The van der Waals surface area contributed by atoms with Crippen molar-refractivity contribution in [3.63, 3.8) is 0 Å². The van der Waals surface area contributed by atoms with E-state index in [-0.39, 0.29) is 24.5 Å². The van der Waals surface area contributed by atoms with Gasteiger partial charge in [0.25, 0.3) is 0 Å². The smallest absolute Gasteiger partial charge is 0.223 e. The van der Waals surface area contributed by atoms with Gasteiger partial charge in [0, 0.05) is 55.2 Å². The third-order valence-electron chi connectivity index (χ3n) is 5.53. The Kier molecular flexibility index (Phi) is 6.79. The molecule has 0 saturated carbocycles. The third kappa shape index (κ3) is 4.76. The summed E-state index contributed by atoms with van der Waals surface area (Å²) >= 11 is 1.65. The molecule has 0 N–H and O–H groups in total. The number of aryl methyl sites for hydroxylation is 1. The number of amides is 1. The van der Waals surface area contributed by atoms with E-state index in [0.29, 0.717) is 18.7 Å². The topological polar surface area (TPSA) is 40.6 Å². The number of ketones is 1. The minimum Gasteiger partial charge on any atom is -0.368 e. The molecule has 5 heteroatoms. The van der Waals surface area contributed by atoms with E-state index >= 15 is 0 Å². The Morgan fingerprint density at radius 3 is 2.25 bits per heavy atom. The second-order valence-electron chi connectivity index (χ2n) is 7.24. The van der Waals surface area contributed by atoms with Crippen LogP contribution in [0.25, 0.3) is 0 Å². The largest absolute Gasteiger partial charge is 0.368 e. The minimum atomic E-state index is 0.0371. The van der Waals surface area contributed by atoms with Crippen LogP contribution in [0.15, 0.2) is 47.4 Å². The van der Waals surface area contributed by atoms with Crippen LogP contribution < -0.4 is 4.90 Å². The van der Waals surface area contributed by atoms with E-state index in [9.17, 15) is 9.59 Å². The first-order valence-corrected chi connectivity index (χ1v) is 11.0. The quantitative estimate of drug-likeness (QED) is 0.538. The number of thioether (sulfide) groups is 1. The first-order chi connectivity index (χ1) is 13.5. The minimum absolute atomic E-state index is 0.0371. The van der Waals surface area contributed by atoms with E-state index in [1.165, 1.54) is 16.8 Å². The molecule has 0 aliphatic carbocycles. The van der Waals surface area contributed by atoms with Crippen LogP contribution in [0.1, 0.15) is 34.3 Å². The Hall–Kier alpha value is -2.27. The third-order valence-corrected chi connectivity index (χ3v) is 6.27. The van der Waals surface area contributed by atoms with Gasteiger partial charge in [-0.2, -0.15) is 0 Å². The second-order valence-corrected chi connectivity index (χ2v) is 8.12. The molecule has 4 nitrogen and oxygen atoms in total. The van der Waals surface area contributed by atoms with Gasteiger partial charge in [-0.25, -0.2) is 0 Å². The Labute approximate surface area is 171 Å². The Balaban J connectivity index is 1.49. The summed E-state index contributed by atoms with van der Waals surface area (Å²) in [6.07, 6.45) is 2.57. The van der Waals surface area contributed by atoms with Gasteiger partial charge in [-0.1, -0.05) is 24.3 Å². The zero-order valence-electron chi connectivity index (χ0n) is 16.9. The molecule has 1 heterocycles. The van der Waals surface area contributed by atoms with Crippen molar-refractivity contribution in [2.45, 2.75) is 31.6 Å².